The lowest BCUT2D eigenvalue weighted by molar-refractivity contribution is -0.140. The summed E-state index contributed by atoms with van der Waals surface area (Å²) in [4.78, 5) is 119. The van der Waals surface area contributed by atoms with E-state index in [2.05, 4.69) is 20.3 Å². The number of hydrogen-bond donors (Lipinski definition) is 7. The Morgan fingerprint density at radius 3 is 1.94 bits per heavy atom. The van der Waals surface area contributed by atoms with Crippen molar-refractivity contribution < 1.29 is 66.9 Å². The van der Waals surface area contributed by atoms with Crippen LogP contribution in [-0.2, 0) is 66.0 Å². The van der Waals surface area contributed by atoms with Gasteiger partial charge in [0.25, 0.3) is 0 Å². The number of carboxylic acids is 3. The van der Waals surface area contributed by atoms with Crippen LogP contribution < -0.4 is 15.4 Å². The van der Waals surface area contributed by atoms with Gasteiger partial charge in [0.2, 0.25) is 21.8 Å². The number of Topliss-reactive ketones (excluding diaryl/α,β-unsaturated/α-hetero) is 4. The highest BCUT2D eigenvalue weighted by Gasteiger charge is 2.34. The zero-order chi connectivity index (χ0) is 49.4. The highest BCUT2D eigenvalue weighted by molar-refractivity contribution is 7.89. The summed E-state index contributed by atoms with van der Waals surface area (Å²) in [6.07, 6.45) is -2.66. The fraction of sp³-hybridized carbons (Fsp3) is 0.383. The second kappa shape index (κ2) is 24.8. The number of fused-ring (bicyclic) bond motifs is 1. The summed E-state index contributed by atoms with van der Waals surface area (Å²) in [5.41, 5.74) is 2.67. The number of aliphatic carboxylic acids is 3. The number of sulfonamides is 1. The predicted octanol–water partition coefficient (Wildman–Crippen LogP) is 4.38. The Morgan fingerprint density at radius 1 is 0.687 bits per heavy atom. The van der Waals surface area contributed by atoms with Gasteiger partial charge in [0.05, 0.1) is 29.9 Å². The van der Waals surface area contributed by atoms with Crippen molar-refractivity contribution in [3.05, 3.63) is 101 Å². The first kappa shape index (κ1) is 53.0. The number of nitrogens with one attached hydrogen (secondary N) is 4. The number of halogens is 1. The highest BCUT2D eigenvalue weighted by atomic mass is 35.5. The fourth-order valence-corrected chi connectivity index (χ4v) is 8.88. The molecule has 4 aromatic rings. The number of aryl methyl sites for hydroxylation is 1. The first-order valence-corrected chi connectivity index (χ1v) is 23.2. The lowest BCUT2D eigenvalue weighted by Crippen LogP contribution is -2.47. The van der Waals surface area contributed by atoms with E-state index in [1.54, 1.807) is 49.5 Å². The summed E-state index contributed by atoms with van der Waals surface area (Å²) in [5.74, 6) is -12.0. The molecule has 1 heterocycles. The maximum atomic E-state index is 14.3. The van der Waals surface area contributed by atoms with Gasteiger partial charge in [-0.1, -0.05) is 59.6 Å². The molecule has 18 nitrogen and oxygen atoms in total. The molecular formula is C47H53ClN4O14S. The second-order valence-electron chi connectivity index (χ2n) is 16.4. The number of carboxylic acid groups (broad SMARTS) is 3. The van der Waals surface area contributed by atoms with Crippen LogP contribution in [0.25, 0.3) is 10.9 Å². The summed E-state index contributed by atoms with van der Waals surface area (Å²) in [6.45, 7) is 2.25. The van der Waals surface area contributed by atoms with E-state index in [-0.39, 0.29) is 37.0 Å². The zero-order valence-electron chi connectivity index (χ0n) is 36.8. The van der Waals surface area contributed by atoms with Gasteiger partial charge in [-0.2, -0.15) is 0 Å². The third-order valence-corrected chi connectivity index (χ3v) is 12.9. The van der Waals surface area contributed by atoms with Crippen LogP contribution in [0.5, 0.6) is 0 Å². The molecule has 5 atom stereocenters. The number of hydrogen-bond acceptors (Lipinski definition) is 11. The van der Waals surface area contributed by atoms with E-state index in [0.29, 0.717) is 16.1 Å². The first-order valence-electron chi connectivity index (χ1n) is 21.3. The molecule has 3 aromatic carbocycles. The molecule has 0 radical (unpaired) electrons. The maximum absolute atomic E-state index is 14.3. The first-order chi connectivity index (χ1) is 31.6. The van der Waals surface area contributed by atoms with Crippen molar-refractivity contribution in [3.8, 4) is 0 Å². The SMILES string of the molecule is CC(=O)[C@H](CCC(=O)O)CC(=O)[C@H](Cc1c[nH]c2ccccc12)NC(=O)[C@@H](CC(=O)CNC(=O)[C@H](CCC(=O)O)CC(=O)[C@@H](CC(=O)O)NS(=O)(=O)c1ccc(C)cc1)Cc1cccc(Cl)c1. The number of aromatic amines is 1. The summed E-state index contributed by atoms with van der Waals surface area (Å²) >= 11 is 6.24. The molecule has 0 saturated carbocycles. The van der Waals surface area contributed by atoms with Gasteiger partial charge in [0, 0.05) is 78.4 Å². The number of aromatic nitrogens is 1. The van der Waals surface area contributed by atoms with Gasteiger partial charge in [-0.3, -0.25) is 43.2 Å². The molecule has 2 amide bonds. The molecule has 7 N–H and O–H groups in total. The molecule has 0 aliphatic rings. The molecule has 0 aliphatic carbocycles. The zero-order valence-corrected chi connectivity index (χ0v) is 38.4. The number of rotatable bonds is 29. The van der Waals surface area contributed by atoms with E-state index in [9.17, 15) is 66.9 Å². The van der Waals surface area contributed by atoms with Gasteiger partial charge in [-0.15, -0.1) is 0 Å². The number of H-pyrrole nitrogens is 1. The quantitative estimate of drug-likeness (QED) is 0.0398. The summed E-state index contributed by atoms with van der Waals surface area (Å²) in [6, 6.07) is 16.1. The van der Waals surface area contributed by atoms with Crippen molar-refractivity contribution in [2.45, 2.75) is 95.0 Å². The molecular weight excluding hydrogens is 912 g/mol. The van der Waals surface area contributed by atoms with E-state index in [4.69, 9.17) is 11.6 Å². The average Bonchev–Trinajstić information content (AvgIpc) is 3.66. The molecule has 0 spiro atoms. The van der Waals surface area contributed by atoms with Crippen molar-refractivity contribution in [2.75, 3.05) is 6.54 Å². The maximum Gasteiger partial charge on any atom is 0.305 e. The van der Waals surface area contributed by atoms with Crippen LogP contribution in [0, 0.1) is 24.7 Å². The topological polar surface area (TPSA) is 300 Å². The van der Waals surface area contributed by atoms with Crippen LogP contribution in [0.4, 0.5) is 0 Å². The molecule has 0 saturated heterocycles. The third-order valence-electron chi connectivity index (χ3n) is 11.1. The molecule has 0 bridgehead atoms. The van der Waals surface area contributed by atoms with Gasteiger partial charge < -0.3 is 30.9 Å². The largest absolute Gasteiger partial charge is 0.481 e. The number of para-hydroxylation sites is 1. The van der Waals surface area contributed by atoms with Gasteiger partial charge >= 0.3 is 17.9 Å². The molecule has 0 aliphatic heterocycles. The van der Waals surface area contributed by atoms with Crippen LogP contribution in [0.3, 0.4) is 0 Å². The number of carbonyl (C=O) groups is 9. The minimum Gasteiger partial charge on any atom is -0.481 e. The van der Waals surface area contributed by atoms with Crippen LogP contribution in [-0.4, -0.2) is 100 Å². The van der Waals surface area contributed by atoms with Crippen LogP contribution in [0.2, 0.25) is 5.02 Å². The van der Waals surface area contributed by atoms with Crippen LogP contribution >= 0.6 is 11.6 Å². The van der Waals surface area contributed by atoms with E-state index >= 15 is 0 Å². The van der Waals surface area contributed by atoms with Crippen molar-refractivity contribution >= 4 is 85.4 Å². The Balaban J connectivity index is 1.55. The van der Waals surface area contributed by atoms with Gasteiger partial charge in [-0.25, -0.2) is 13.1 Å². The third kappa shape index (κ3) is 17.0. The van der Waals surface area contributed by atoms with E-state index in [1.165, 1.54) is 31.2 Å². The monoisotopic (exact) mass is 964 g/mol. The van der Waals surface area contributed by atoms with Gasteiger partial charge in [0.1, 0.15) is 5.78 Å². The second-order valence-corrected chi connectivity index (χ2v) is 18.6. The van der Waals surface area contributed by atoms with Crippen molar-refractivity contribution in [1.82, 2.24) is 20.3 Å². The molecule has 0 unspecified atom stereocenters. The molecule has 20 heteroatoms. The minimum atomic E-state index is -4.43. The van der Waals surface area contributed by atoms with Crippen molar-refractivity contribution in [2.24, 2.45) is 17.8 Å². The highest BCUT2D eigenvalue weighted by Crippen LogP contribution is 2.24. The normalized spacial score (nSPS) is 13.7. The lowest BCUT2D eigenvalue weighted by Gasteiger charge is -2.24. The Kier molecular flexibility index (Phi) is 19.6. The minimum absolute atomic E-state index is 0.0385. The van der Waals surface area contributed by atoms with E-state index in [1.807, 2.05) is 12.1 Å². The van der Waals surface area contributed by atoms with Crippen LogP contribution in [0.15, 0.2) is 83.9 Å². The number of ketones is 4. The molecule has 1 aromatic heterocycles. The fourth-order valence-electron chi connectivity index (χ4n) is 7.45. The molecule has 358 valence electrons. The smallest absolute Gasteiger partial charge is 0.305 e. The number of carbonyl (C=O) groups excluding carboxylic acids is 6. The molecule has 0 fully saturated rings. The van der Waals surface area contributed by atoms with Gasteiger partial charge in [0.15, 0.2) is 17.3 Å². The summed E-state index contributed by atoms with van der Waals surface area (Å²) in [7, 11) is -4.43. The predicted molar refractivity (Wildman–Crippen MR) is 243 cm³/mol. The van der Waals surface area contributed by atoms with Gasteiger partial charge in [-0.05, 0) is 74.6 Å². The summed E-state index contributed by atoms with van der Waals surface area (Å²) in [5, 5.41) is 34.4. The Hall–Kier alpha value is -6.57. The van der Waals surface area contributed by atoms with Crippen LogP contribution in [0.1, 0.15) is 75.0 Å². The van der Waals surface area contributed by atoms with Crippen molar-refractivity contribution in [3.63, 3.8) is 0 Å². The van der Waals surface area contributed by atoms with E-state index in [0.717, 1.165) is 16.5 Å². The average molecular weight is 965 g/mol. The Morgan fingerprint density at radius 2 is 1.31 bits per heavy atom. The summed E-state index contributed by atoms with van der Waals surface area (Å²) < 4.78 is 28.3. The lowest BCUT2D eigenvalue weighted by atomic mass is 9.88. The van der Waals surface area contributed by atoms with Crippen molar-refractivity contribution in [1.29, 1.82) is 0 Å². The Labute approximate surface area is 391 Å². The molecule has 4 rings (SSSR count). The number of benzene rings is 3. The van der Waals surface area contributed by atoms with E-state index < -0.39 is 131 Å². The standard InChI is InChI=1S/C47H53ClN4O14S/c1-27-10-14-36(15-11-27)67(65,66)52-40(24-45(61)62)42(56)23-31(13-17-44(59)60)46(63)50-26-35(54)20-32(18-29-6-5-7-34(48)19-29)47(64)51-39(21-33-25-49-38-9-4-3-8-37(33)38)41(55)22-30(28(2)53)12-16-43(57)58/h3-11,14-15,19,25,30-32,39-40,49,52H,12-13,16-18,20-24,26H2,1-2H3,(H,50,63)(H,51,64)(H,57,58)(H,59,60)(H,61,62)/t30-,31-,32-,39+,40-/m1/s1. The Bertz CT molecular complexity index is 2590. The number of amides is 2. The molecule has 67 heavy (non-hydrogen) atoms.